The van der Waals surface area contributed by atoms with Crippen LogP contribution in [0, 0.1) is 0 Å². The van der Waals surface area contributed by atoms with Crippen LogP contribution >= 0.6 is 0 Å². The molecule has 0 aliphatic heterocycles. The monoisotopic (exact) mass is 219 g/mol. The van der Waals surface area contributed by atoms with E-state index in [0.717, 1.165) is 11.6 Å². The van der Waals surface area contributed by atoms with Crippen molar-refractivity contribution in [2.75, 3.05) is 14.1 Å². The largest absolute Gasteiger partial charge is 0.478 e. The maximum Gasteiger partial charge on any atom is 0.328 e. The van der Waals surface area contributed by atoms with Crippen LogP contribution in [-0.2, 0) is 4.79 Å². The van der Waals surface area contributed by atoms with Gasteiger partial charge in [-0.05, 0) is 23.8 Å². The Balaban J connectivity index is 2.83. The maximum atomic E-state index is 10.3. The lowest BCUT2D eigenvalue weighted by molar-refractivity contribution is -0.131. The summed E-state index contributed by atoms with van der Waals surface area (Å²) in [5, 5.41) is 17.9. The summed E-state index contributed by atoms with van der Waals surface area (Å²) in [4.78, 5) is 10.3. The van der Waals surface area contributed by atoms with Gasteiger partial charge in [0.05, 0.1) is 5.69 Å². The van der Waals surface area contributed by atoms with Gasteiger partial charge < -0.3 is 5.11 Å². The summed E-state index contributed by atoms with van der Waals surface area (Å²) in [7, 11) is 3.55. The molecule has 0 bridgehead atoms. The van der Waals surface area contributed by atoms with Crippen LogP contribution in [0.25, 0.3) is 6.08 Å². The fraction of sp³-hybridized carbons (Fsp3) is 0.182. The van der Waals surface area contributed by atoms with Crippen LogP contribution in [0.2, 0.25) is 0 Å². The predicted molar refractivity (Wildman–Crippen MR) is 61.3 cm³/mol. The SMILES string of the molecule is CN(C)N=Nc1cccc(/C=C/C(=O)O)c1. The van der Waals surface area contributed by atoms with Gasteiger partial charge in [0.15, 0.2) is 0 Å². The molecule has 1 N–H and O–H groups in total. The molecule has 84 valence electrons. The first-order valence-electron chi connectivity index (χ1n) is 4.68. The van der Waals surface area contributed by atoms with E-state index >= 15 is 0 Å². The second-order valence-electron chi connectivity index (χ2n) is 3.30. The number of nitrogens with zero attached hydrogens (tertiary/aromatic N) is 3. The molecule has 0 saturated carbocycles. The van der Waals surface area contributed by atoms with Crippen molar-refractivity contribution in [1.82, 2.24) is 5.01 Å². The average Bonchev–Trinajstić information content (AvgIpc) is 2.24. The van der Waals surface area contributed by atoms with Crippen molar-refractivity contribution in [3.8, 4) is 0 Å². The van der Waals surface area contributed by atoms with E-state index in [-0.39, 0.29) is 0 Å². The van der Waals surface area contributed by atoms with Crippen LogP contribution in [0.5, 0.6) is 0 Å². The number of carbonyl (C=O) groups is 1. The molecular weight excluding hydrogens is 206 g/mol. The summed E-state index contributed by atoms with van der Waals surface area (Å²) in [6.07, 6.45) is 2.60. The first-order valence-corrected chi connectivity index (χ1v) is 4.68. The van der Waals surface area contributed by atoms with Crippen LogP contribution in [-0.4, -0.2) is 30.2 Å². The summed E-state index contributed by atoms with van der Waals surface area (Å²) < 4.78 is 0. The van der Waals surface area contributed by atoms with Crippen molar-refractivity contribution in [2.45, 2.75) is 0 Å². The molecule has 0 unspecified atom stereocenters. The van der Waals surface area contributed by atoms with Crippen LogP contribution in [0.3, 0.4) is 0 Å². The molecule has 0 aliphatic carbocycles. The minimum Gasteiger partial charge on any atom is -0.478 e. The Kier molecular flexibility index (Phi) is 4.20. The van der Waals surface area contributed by atoms with E-state index < -0.39 is 5.97 Å². The molecule has 0 atom stereocenters. The predicted octanol–water partition coefficient (Wildman–Crippen LogP) is 2.34. The molecule has 1 aromatic rings. The fourth-order valence-electron chi connectivity index (χ4n) is 0.999. The molecule has 0 heterocycles. The highest BCUT2D eigenvalue weighted by molar-refractivity contribution is 5.85. The zero-order chi connectivity index (χ0) is 12.0. The van der Waals surface area contributed by atoms with E-state index in [1.54, 1.807) is 43.4 Å². The summed E-state index contributed by atoms with van der Waals surface area (Å²) in [5.41, 5.74) is 1.46. The van der Waals surface area contributed by atoms with E-state index in [0.29, 0.717) is 5.69 Å². The molecule has 0 fully saturated rings. The molecule has 0 spiro atoms. The lowest BCUT2D eigenvalue weighted by atomic mass is 10.2. The molecule has 1 rings (SSSR count). The standard InChI is InChI=1S/C11H13N3O2/c1-14(2)13-12-10-5-3-4-9(8-10)6-7-11(15)16/h3-8H,1-2H3,(H,15,16)/b7-6+,13-12?. The number of carboxylic acid groups (broad SMARTS) is 1. The summed E-state index contributed by atoms with van der Waals surface area (Å²) in [6, 6.07) is 7.15. The van der Waals surface area contributed by atoms with Crippen molar-refractivity contribution in [3.05, 3.63) is 35.9 Å². The summed E-state index contributed by atoms with van der Waals surface area (Å²) >= 11 is 0. The lowest BCUT2D eigenvalue weighted by Gasteiger charge is -2.00. The Labute approximate surface area is 93.7 Å². The van der Waals surface area contributed by atoms with Crippen molar-refractivity contribution >= 4 is 17.7 Å². The van der Waals surface area contributed by atoms with Gasteiger partial charge in [-0.15, -0.1) is 5.11 Å². The molecule has 0 amide bonds. The smallest absolute Gasteiger partial charge is 0.328 e. The van der Waals surface area contributed by atoms with Gasteiger partial charge >= 0.3 is 5.97 Å². The molecule has 0 saturated heterocycles. The minimum atomic E-state index is -0.972. The first-order chi connectivity index (χ1) is 7.58. The normalized spacial score (nSPS) is 11.1. The van der Waals surface area contributed by atoms with Gasteiger partial charge in [-0.1, -0.05) is 17.4 Å². The van der Waals surface area contributed by atoms with Gasteiger partial charge in [0.2, 0.25) is 0 Å². The topological polar surface area (TPSA) is 65.3 Å². The molecule has 5 nitrogen and oxygen atoms in total. The van der Waals surface area contributed by atoms with Crippen molar-refractivity contribution in [2.24, 2.45) is 10.3 Å². The van der Waals surface area contributed by atoms with E-state index in [2.05, 4.69) is 10.3 Å². The number of benzene rings is 1. The highest BCUT2D eigenvalue weighted by Gasteiger charge is 1.93. The lowest BCUT2D eigenvalue weighted by Crippen LogP contribution is -1.98. The highest BCUT2D eigenvalue weighted by atomic mass is 16.4. The highest BCUT2D eigenvalue weighted by Crippen LogP contribution is 2.15. The molecule has 5 heteroatoms. The zero-order valence-corrected chi connectivity index (χ0v) is 9.16. The average molecular weight is 219 g/mol. The van der Waals surface area contributed by atoms with Gasteiger partial charge in [-0.3, -0.25) is 5.01 Å². The first kappa shape index (κ1) is 11.9. The molecule has 0 radical (unpaired) electrons. The third-order valence-corrected chi connectivity index (χ3v) is 1.63. The van der Waals surface area contributed by atoms with Crippen molar-refractivity contribution < 1.29 is 9.90 Å². The quantitative estimate of drug-likeness (QED) is 0.480. The van der Waals surface area contributed by atoms with E-state index in [9.17, 15) is 4.79 Å². The van der Waals surface area contributed by atoms with Crippen LogP contribution in [0.15, 0.2) is 40.7 Å². The molecule has 0 aromatic heterocycles. The molecule has 0 aliphatic rings. The van der Waals surface area contributed by atoms with Crippen LogP contribution in [0.1, 0.15) is 5.56 Å². The van der Waals surface area contributed by atoms with Crippen LogP contribution in [0.4, 0.5) is 5.69 Å². The Morgan fingerprint density at radius 1 is 1.44 bits per heavy atom. The second kappa shape index (κ2) is 5.65. The van der Waals surface area contributed by atoms with E-state index in [1.807, 2.05) is 0 Å². The third-order valence-electron chi connectivity index (χ3n) is 1.63. The fourth-order valence-corrected chi connectivity index (χ4v) is 0.999. The third kappa shape index (κ3) is 4.36. The molecular formula is C11H13N3O2. The number of aliphatic carboxylic acids is 1. The maximum absolute atomic E-state index is 10.3. The Morgan fingerprint density at radius 2 is 2.19 bits per heavy atom. The second-order valence-corrected chi connectivity index (χ2v) is 3.30. The van der Waals surface area contributed by atoms with Gasteiger partial charge in [-0.2, -0.15) is 0 Å². The Morgan fingerprint density at radius 3 is 2.81 bits per heavy atom. The molecule has 16 heavy (non-hydrogen) atoms. The number of rotatable bonds is 4. The number of carboxylic acids is 1. The van der Waals surface area contributed by atoms with Gasteiger partial charge in [-0.25, -0.2) is 4.79 Å². The summed E-state index contributed by atoms with van der Waals surface area (Å²) in [6.45, 7) is 0. The van der Waals surface area contributed by atoms with Gasteiger partial charge in [0.25, 0.3) is 0 Å². The number of hydrogen-bond acceptors (Lipinski definition) is 3. The van der Waals surface area contributed by atoms with Gasteiger partial charge in [0, 0.05) is 20.2 Å². The van der Waals surface area contributed by atoms with Crippen molar-refractivity contribution in [1.29, 1.82) is 0 Å². The summed E-state index contributed by atoms with van der Waals surface area (Å²) in [5.74, 6) is -0.972. The Bertz CT molecular complexity index is 425. The Hall–Kier alpha value is -2.17. The number of hydrogen-bond donors (Lipinski definition) is 1. The van der Waals surface area contributed by atoms with Crippen LogP contribution < -0.4 is 0 Å². The van der Waals surface area contributed by atoms with E-state index in [4.69, 9.17) is 5.11 Å². The van der Waals surface area contributed by atoms with Crippen molar-refractivity contribution in [3.63, 3.8) is 0 Å². The van der Waals surface area contributed by atoms with E-state index in [1.165, 1.54) is 6.08 Å². The molecule has 1 aromatic carbocycles. The minimum absolute atomic E-state index is 0.682. The zero-order valence-electron chi connectivity index (χ0n) is 9.16. The van der Waals surface area contributed by atoms with Gasteiger partial charge in [0.1, 0.15) is 0 Å².